The summed E-state index contributed by atoms with van der Waals surface area (Å²) in [6.07, 6.45) is 1.05. The average Bonchev–Trinajstić information content (AvgIpc) is 3.36. The highest BCUT2D eigenvalue weighted by molar-refractivity contribution is 5.99. The molecule has 0 aliphatic carbocycles. The van der Waals surface area contributed by atoms with Crippen molar-refractivity contribution >= 4 is 11.8 Å². The summed E-state index contributed by atoms with van der Waals surface area (Å²) in [6, 6.07) is 11.4. The molecule has 3 aromatic rings. The van der Waals surface area contributed by atoms with Crippen LogP contribution < -0.4 is 5.32 Å². The van der Waals surface area contributed by atoms with Crippen LogP contribution in [0.25, 0.3) is 11.4 Å². The third-order valence-electron chi connectivity index (χ3n) is 6.94. The highest BCUT2D eigenvalue weighted by atomic mass is 19.1. The predicted molar refractivity (Wildman–Crippen MR) is 121 cm³/mol. The van der Waals surface area contributed by atoms with Crippen molar-refractivity contribution in [2.45, 2.75) is 31.3 Å². The normalized spacial score (nSPS) is 19.6. The van der Waals surface area contributed by atoms with Gasteiger partial charge in [-0.05, 0) is 29.7 Å². The number of hydrogen-bond acceptors (Lipinski definition) is 5. The molecule has 35 heavy (non-hydrogen) atoms. The van der Waals surface area contributed by atoms with Crippen LogP contribution in [0.5, 0.6) is 0 Å². The zero-order valence-corrected chi connectivity index (χ0v) is 18.8. The molecule has 0 unspecified atom stereocenters. The highest BCUT2D eigenvalue weighted by Crippen LogP contribution is 2.32. The fourth-order valence-corrected chi connectivity index (χ4v) is 4.99. The first kappa shape index (κ1) is 21.8. The van der Waals surface area contributed by atoms with E-state index in [-0.39, 0.29) is 48.1 Å². The van der Waals surface area contributed by atoms with Crippen molar-refractivity contribution in [2.75, 3.05) is 19.8 Å². The molecule has 0 saturated carbocycles. The van der Waals surface area contributed by atoms with Crippen molar-refractivity contribution in [3.8, 4) is 11.4 Å². The molecule has 1 atom stereocenters. The Labute approximate surface area is 200 Å². The summed E-state index contributed by atoms with van der Waals surface area (Å²) in [5, 5.41) is 2.71. The van der Waals surface area contributed by atoms with Crippen LogP contribution in [-0.4, -0.2) is 52.5 Å². The average molecular weight is 476 g/mol. The Morgan fingerprint density at radius 3 is 2.43 bits per heavy atom. The summed E-state index contributed by atoms with van der Waals surface area (Å²) in [5.41, 5.74) is 2.67. The van der Waals surface area contributed by atoms with Crippen LogP contribution in [-0.2, 0) is 22.5 Å². The van der Waals surface area contributed by atoms with E-state index >= 15 is 0 Å². The molecule has 0 radical (unpaired) electrons. The van der Waals surface area contributed by atoms with Gasteiger partial charge in [0.15, 0.2) is 5.82 Å². The smallest absolute Gasteiger partial charge is 0.255 e. The Hall–Kier alpha value is -3.72. The zero-order valence-electron chi connectivity index (χ0n) is 18.8. The maximum Gasteiger partial charge on any atom is 0.255 e. The number of fused-ring (bicyclic) bond motifs is 1. The van der Waals surface area contributed by atoms with Gasteiger partial charge in [0.05, 0.1) is 54.2 Å². The number of carbonyl (C=O) groups excluding carboxylic acids is 2. The van der Waals surface area contributed by atoms with Gasteiger partial charge < -0.3 is 15.0 Å². The molecule has 2 amide bonds. The lowest BCUT2D eigenvalue weighted by atomic mass is 9.95. The Bertz CT molecular complexity index is 1320. The quantitative estimate of drug-likeness (QED) is 0.612. The number of rotatable bonds is 5. The number of benzene rings is 2. The molecule has 7 nitrogen and oxygen atoms in total. The van der Waals surface area contributed by atoms with Gasteiger partial charge in [0.2, 0.25) is 5.91 Å². The molecule has 2 fully saturated rings. The van der Waals surface area contributed by atoms with Gasteiger partial charge in [-0.2, -0.15) is 0 Å². The third-order valence-corrected chi connectivity index (χ3v) is 6.94. The minimum absolute atomic E-state index is 0.0842. The van der Waals surface area contributed by atoms with E-state index in [1.807, 2.05) is 29.2 Å². The van der Waals surface area contributed by atoms with E-state index in [0.29, 0.717) is 30.2 Å². The Balaban J connectivity index is 1.29. The van der Waals surface area contributed by atoms with Crippen LogP contribution >= 0.6 is 0 Å². The van der Waals surface area contributed by atoms with E-state index in [0.717, 1.165) is 36.2 Å². The number of nitrogens with one attached hydrogen (secondary N) is 1. The van der Waals surface area contributed by atoms with Crippen LogP contribution in [0.1, 0.15) is 45.2 Å². The first-order valence-corrected chi connectivity index (χ1v) is 11.6. The number of nitrogens with zero attached hydrogens (tertiary/aromatic N) is 3. The summed E-state index contributed by atoms with van der Waals surface area (Å²) < 4.78 is 34.0. The second kappa shape index (κ2) is 8.49. The molecule has 2 aromatic carbocycles. The van der Waals surface area contributed by atoms with E-state index < -0.39 is 11.6 Å². The largest absolute Gasteiger partial charge is 0.377 e. The van der Waals surface area contributed by atoms with Crippen molar-refractivity contribution < 1.29 is 23.1 Å². The summed E-state index contributed by atoms with van der Waals surface area (Å²) in [7, 11) is 0. The summed E-state index contributed by atoms with van der Waals surface area (Å²) in [6.45, 7) is 2.12. The molecule has 1 N–H and O–H groups in total. The number of halogens is 2. The van der Waals surface area contributed by atoms with Crippen molar-refractivity contribution in [2.24, 2.45) is 0 Å². The fourth-order valence-electron chi connectivity index (χ4n) is 4.99. The van der Waals surface area contributed by atoms with Gasteiger partial charge in [-0.3, -0.25) is 9.59 Å². The topological polar surface area (TPSA) is 84.4 Å². The molecule has 0 spiro atoms. The van der Waals surface area contributed by atoms with E-state index in [1.165, 1.54) is 6.07 Å². The van der Waals surface area contributed by atoms with Crippen LogP contribution in [0.15, 0.2) is 42.5 Å². The molecule has 1 aromatic heterocycles. The molecule has 3 aliphatic heterocycles. The molecule has 2 saturated heterocycles. The Kier molecular flexibility index (Phi) is 5.29. The second-order valence-corrected chi connectivity index (χ2v) is 9.08. The van der Waals surface area contributed by atoms with E-state index in [9.17, 15) is 18.4 Å². The van der Waals surface area contributed by atoms with Crippen LogP contribution in [0, 0.1) is 11.6 Å². The van der Waals surface area contributed by atoms with Gasteiger partial charge in [-0.15, -0.1) is 0 Å². The molecular formula is C26H22F2N4O3. The van der Waals surface area contributed by atoms with Crippen molar-refractivity contribution in [3.05, 3.63) is 82.2 Å². The molecule has 0 bridgehead atoms. The number of aromatic nitrogens is 2. The number of ether oxygens (including phenoxy) is 1. The number of amides is 2. The molecular weight excluding hydrogens is 454 g/mol. The van der Waals surface area contributed by atoms with Crippen LogP contribution in [0.4, 0.5) is 8.78 Å². The predicted octanol–water partition coefficient (Wildman–Crippen LogP) is 2.97. The summed E-state index contributed by atoms with van der Waals surface area (Å²) in [4.78, 5) is 35.9. The fraction of sp³-hybridized carbons (Fsp3) is 0.308. The first-order chi connectivity index (χ1) is 17.0. The Morgan fingerprint density at radius 2 is 1.74 bits per heavy atom. The van der Waals surface area contributed by atoms with Crippen LogP contribution in [0.2, 0.25) is 0 Å². The van der Waals surface area contributed by atoms with Crippen molar-refractivity contribution in [1.29, 1.82) is 0 Å². The highest BCUT2D eigenvalue weighted by Gasteiger charge is 2.39. The summed E-state index contributed by atoms with van der Waals surface area (Å²) in [5.74, 6) is -1.95. The zero-order chi connectivity index (χ0) is 24.1. The van der Waals surface area contributed by atoms with Gasteiger partial charge in [0.25, 0.3) is 5.91 Å². The Morgan fingerprint density at radius 1 is 1.00 bits per heavy atom. The molecule has 9 heteroatoms. The molecule has 178 valence electrons. The number of hydrogen-bond donors (Lipinski definition) is 1. The SMILES string of the molecule is O=C1NCc2nc(-c3c(F)cccc3F)nc(Cc3ccc([C@@H]4CCN(C5COC5)C4=O)cc3)c21. The van der Waals surface area contributed by atoms with Crippen LogP contribution in [0.3, 0.4) is 0 Å². The maximum atomic E-state index is 14.4. The van der Waals surface area contributed by atoms with Crippen molar-refractivity contribution in [1.82, 2.24) is 20.2 Å². The van der Waals surface area contributed by atoms with Gasteiger partial charge in [0.1, 0.15) is 11.6 Å². The number of carbonyl (C=O) groups is 2. The standard InChI is InChI=1S/C26H22F2N4O3/c27-18-2-1-3-19(28)22(18)24-30-20(23-21(31-24)11-29-25(23)33)10-14-4-6-15(7-5-14)17-8-9-32(26(17)34)16-12-35-13-16/h1-7,16-17H,8-13H2,(H,29,33)/t17-/m0/s1. The van der Waals surface area contributed by atoms with Gasteiger partial charge >= 0.3 is 0 Å². The lowest BCUT2D eigenvalue weighted by molar-refractivity contribution is -0.140. The minimum atomic E-state index is -0.763. The van der Waals surface area contributed by atoms with Gasteiger partial charge in [-0.25, -0.2) is 18.7 Å². The van der Waals surface area contributed by atoms with E-state index in [2.05, 4.69) is 15.3 Å². The number of likely N-dealkylation sites (tertiary alicyclic amines) is 1. The lowest BCUT2D eigenvalue weighted by Gasteiger charge is -2.34. The summed E-state index contributed by atoms with van der Waals surface area (Å²) >= 11 is 0. The first-order valence-electron chi connectivity index (χ1n) is 11.6. The minimum Gasteiger partial charge on any atom is -0.377 e. The maximum absolute atomic E-state index is 14.4. The lowest BCUT2D eigenvalue weighted by Crippen LogP contribution is -2.49. The van der Waals surface area contributed by atoms with Crippen molar-refractivity contribution in [3.63, 3.8) is 0 Å². The van der Waals surface area contributed by atoms with Gasteiger partial charge in [0, 0.05) is 13.0 Å². The second-order valence-electron chi connectivity index (χ2n) is 9.08. The molecule has 4 heterocycles. The van der Waals surface area contributed by atoms with E-state index in [4.69, 9.17) is 4.74 Å². The molecule has 3 aliphatic rings. The third kappa shape index (κ3) is 3.76. The monoisotopic (exact) mass is 476 g/mol. The van der Waals surface area contributed by atoms with Gasteiger partial charge in [-0.1, -0.05) is 30.3 Å². The molecule has 6 rings (SSSR count). The van der Waals surface area contributed by atoms with E-state index in [1.54, 1.807) is 0 Å².